The number of benzene rings is 1. The Bertz CT molecular complexity index is 2040. The number of carboxylic acids is 4. The number of hydrogen-bond acceptors (Lipinski definition) is 15. The third-order valence-electron chi connectivity index (χ3n) is 7.97. The van der Waals surface area contributed by atoms with E-state index >= 15 is 0 Å². The number of unbranched alkanes of at least 4 members (excludes halogenated alkanes) is 1. The molecule has 0 fully saturated rings. The van der Waals surface area contributed by atoms with Crippen molar-refractivity contribution in [3.05, 3.63) is 52.1 Å². The summed E-state index contributed by atoms with van der Waals surface area (Å²) in [6.45, 7) is 0.375. The summed E-state index contributed by atoms with van der Waals surface area (Å²) in [5.41, 5.74) is 11.3. The van der Waals surface area contributed by atoms with Gasteiger partial charge in [-0.25, -0.2) is 19.6 Å². The smallest absolute Gasteiger partial charge is 0.326 e. The van der Waals surface area contributed by atoms with Crippen LogP contribution in [0, 0.1) is 0 Å². The summed E-state index contributed by atoms with van der Waals surface area (Å²) < 4.78 is 0. The van der Waals surface area contributed by atoms with E-state index < -0.39 is 103 Å². The quantitative estimate of drug-likeness (QED) is 0.0441. The van der Waals surface area contributed by atoms with Crippen LogP contribution in [0.1, 0.15) is 61.0 Å². The maximum atomic E-state index is 13.0. The Kier molecular flexibility index (Phi) is 16.3. The van der Waals surface area contributed by atoms with Gasteiger partial charge in [-0.3, -0.25) is 38.5 Å². The summed E-state index contributed by atoms with van der Waals surface area (Å²) in [4.78, 5) is 125. The number of aromatic amines is 1. The zero-order valence-corrected chi connectivity index (χ0v) is 30.0. The number of carboxylic acid groups (broad SMARTS) is 4. The molecule has 24 nitrogen and oxygen atoms in total. The Morgan fingerprint density at radius 2 is 1.32 bits per heavy atom. The average molecular weight is 800 g/mol. The van der Waals surface area contributed by atoms with Crippen LogP contribution >= 0.6 is 0 Å². The molecule has 0 aliphatic heterocycles. The highest BCUT2D eigenvalue weighted by Gasteiger charge is 2.32. The summed E-state index contributed by atoms with van der Waals surface area (Å²) in [5, 5.41) is 49.3. The Morgan fingerprint density at radius 1 is 0.737 bits per heavy atom. The third-order valence-corrected chi connectivity index (χ3v) is 7.97. The van der Waals surface area contributed by atoms with E-state index in [1.54, 1.807) is 0 Å². The van der Waals surface area contributed by atoms with Crippen molar-refractivity contribution in [2.75, 3.05) is 17.6 Å². The summed E-state index contributed by atoms with van der Waals surface area (Å²) in [7, 11) is 0. The summed E-state index contributed by atoms with van der Waals surface area (Å²) in [5.74, 6) is -10.6. The van der Waals surface area contributed by atoms with Crippen molar-refractivity contribution in [1.29, 1.82) is 0 Å². The minimum absolute atomic E-state index is 0.0156. The Morgan fingerprint density at radius 3 is 1.89 bits per heavy atom. The van der Waals surface area contributed by atoms with E-state index in [1.165, 1.54) is 30.5 Å². The lowest BCUT2D eigenvalue weighted by Crippen LogP contribution is -2.56. The monoisotopic (exact) mass is 799 g/mol. The molecule has 57 heavy (non-hydrogen) atoms. The van der Waals surface area contributed by atoms with Crippen LogP contribution < -0.4 is 43.6 Å². The molecule has 1 aromatic carbocycles. The zero-order chi connectivity index (χ0) is 42.2. The first kappa shape index (κ1) is 44.2. The van der Waals surface area contributed by atoms with Gasteiger partial charge in [-0.2, -0.15) is 4.98 Å². The van der Waals surface area contributed by atoms with E-state index in [0.29, 0.717) is 24.2 Å². The second kappa shape index (κ2) is 21.0. The maximum Gasteiger partial charge on any atom is 0.326 e. The first-order valence-corrected chi connectivity index (χ1v) is 17.1. The number of aliphatic carboxylic acids is 4. The fourth-order valence-electron chi connectivity index (χ4n) is 5.09. The molecule has 306 valence electrons. The molecule has 0 saturated heterocycles. The first-order valence-electron chi connectivity index (χ1n) is 17.1. The molecule has 2 heterocycles. The van der Waals surface area contributed by atoms with Crippen LogP contribution in [-0.2, 0) is 40.1 Å². The van der Waals surface area contributed by atoms with Gasteiger partial charge in [0.15, 0.2) is 11.2 Å². The standard InChI is InChI=1S/C33H41N11O13/c34-10-2-1-3-18(31(54)55)41-29(52)21(12-24(48)49)42-28(51)20(11-23(46)47)39-22(45)9-8-19(32(56)57)40-27(50)15-4-6-16(7-5-15)36-13-17-14-37-26-25(38-17)30(53)44-33(35)43-26/h4-7,14,18-21,36H,1-3,8-13,34H2,(H,39,45)(H,40,50)(H,41,52)(H,42,51)(H,46,47)(H,48,49)(H,54,55)(H,56,57)(H3,35,37,43,44,53)/t18-,19-,20-,21-/m0/s1. The SMILES string of the molecule is NCCCC[C@H](NC(=O)[C@H](CC(=O)O)NC(=O)[C@H](CC(=O)O)NC(=O)CC[C@H](NC(=O)c1ccc(NCc2cnc3nc(N)[nH]c(=O)c3n2)cc1)C(=O)O)C(=O)O. The Balaban J connectivity index is 1.59. The van der Waals surface area contributed by atoms with Crippen LogP contribution in [0.15, 0.2) is 35.3 Å². The first-order chi connectivity index (χ1) is 27.0. The number of nitrogen functional groups attached to an aromatic ring is 1. The van der Waals surface area contributed by atoms with E-state index in [0.717, 1.165) is 0 Å². The predicted molar refractivity (Wildman–Crippen MR) is 195 cm³/mol. The molecule has 3 rings (SSSR count). The average Bonchev–Trinajstić information content (AvgIpc) is 3.14. The number of hydrogen-bond donors (Lipinski definition) is 12. The van der Waals surface area contributed by atoms with Crippen LogP contribution in [0.5, 0.6) is 0 Å². The van der Waals surface area contributed by atoms with Crippen molar-refractivity contribution < 1.29 is 58.8 Å². The van der Waals surface area contributed by atoms with Crippen molar-refractivity contribution in [3.63, 3.8) is 0 Å². The van der Waals surface area contributed by atoms with Gasteiger partial charge < -0.3 is 58.5 Å². The zero-order valence-electron chi connectivity index (χ0n) is 30.0. The van der Waals surface area contributed by atoms with Gasteiger partial charge in [0, 0.05) is 17.7 Å². The molecule has 0 unspecified atom stereocenters. The number of amides is 4. The van der Waals surface area contributed by atoms with E-state index in [4.69, 9.17) is 11.5 Å². The van der Waals surface area contributed by atoms with Crippen LogP contribution in [0.4, 0.5) is 11.6 Å². The van der Waals surface area contributed by atoms with Gasteiger partial charge >= 0.3 is 23.9 Å². The van der Waals surface area contributed by atoms with Gasteiger partial charge in [0.2, 0.25) is 23.7 Å². The lowest BCUT2D eigenvalue weighted by molar-refractivity contribution is -0.145. The predicted octanol–water partition coefficient (Wildman–Crippen LogP) is -2.51. The summed E-state index contributed by atoms with van der Waals surface area (Å²) >= 11 is 0. The number of nitrogens with zero attached hydrogens (tertiary/aromatic N) is 3. The van der Waals surface area contributed by atoms with E-state index in [2.05, 4.69) is 41.2 Å². The third kappa shape index (κ3) is 14.2. The van der Waals surface area contributed by atoms with Crippen molar-refractivity contribution in [2.45, 2.75) is 75.7 Å². The Labute approximate surface area is 321 Å². The molecule has 0 aliphatic carbocycles. The van der Waals surface area contributed by atoms with Crippen LogP contribution in [0.2, 0.25) is 0 Å². The number of H-pyrrole nitrogens is 1. The highest BCUT2D eigenvalue weighted by molar-refractivity contribution is 5.98. The molecular formula is C33H41N11O13. The van der Waals surface area contributed by atoms with Crippen molar-refractivity contribution >= 4 is 70.3 Å². The molecule has 3 aromatic rings. The number of carbonyl (C=O) groups is 8. The number of fused-ring (bicyclic) bond motifs is 1. The molecule has 0 radical (unpaired) electrons. The highest BCUT2D eigenvalue weighted by atomic mass is 16.4. The topological polar surface area (TPSA) is 401 Å². The number of aromatic nitrogens is 4. The van der Waals surface area contributed by atoms with Crippen LogP contribution in [0.3, 0.4) is 0 Å². The van der Waals surface area contributed by atoms with Gasteiger partial charge in [0.1, 0.15) is 24.2 Å². The van der Waals surface area contributed by atoms with Gasteiger partial charge in [-0.05, 0) is 56.5 Å². The molecule has 2 aromatic heterocycles. The molecule has 0 saturated carbocycles. The van der Waals surface area contributed by atoms with E-state index in [-0.39, 0.29) is 42.2 Å². The molecular weight excluding hydrogens is 758 g/mol. The second-order valence-electron chi connectivity index (χ2n) is 12.4. The molecule has 24 heteroatoms. The molecule has 4 atom stereocenters. The highest BCUT2D eigenvalue weighted by Crippen LogP contribution is 2.13. The van der Waals surface area contributed by atoms with Crippen LogP contribution in [0.25, 0.3) is 11.2 Å². The van der Waals surface area contributed by atoms with Gasteiger partial charge in [-0.1, -0.05) is 0 Å². The molecule has 4 amide bonds. The van der Waals surface area contributed by atoms with Crippen molar-refractivity contribution in [1.82, 2.24) is 41.2 Å². The fraction of sp³-hybridized carbons (Fsp3) is 0.394. The Hall–Kier alpha value is -7.24. The molecule has 0 aliphatic rings. The van der Waals surface area contributed by atoms with Crippen molar-refractivity contribution in [3.8, 4) is 0 Å². The second-order valence-corrected chi connectivity index (χ2v) is 12.4. The number of nitrogens with one attached hydrogen (secondary N) is 6. The van der Waals surface area contributed by atoms with E-state index in [9.17, 15) is 63.6 Å². The number of carbonyl (C=O) groups excluding carboxylic acids is 4. The van der Waals surface area contributed by atoms with Crippen molar-refractivity contribution in [2.24, 2.45) is 5.73 Å². The lowest BCUT2D eigenvalue weighted by Gasteiger charge is -2.23. The van der Waals surface area contributed by atoms with Gasteiger partial charge in [-0.15, -0.1) is 0 Å². The number of anilines is 2. The molecule has 0 bridgehead atoms. The lowest BCUT2D eigenvalue weighted by atomic mass is 10.1. The fourth-order valence-corrected chi connectivity index (χ4v) is 5.09. The molecule has 0 spiro atoms. The van der Waals surface area contributed by atoms with Crippen LogP contribution in [-0.4, -0.2) is 119 Å². The maximum absolute atomic E-state index is 13.0. The minimum atomic E-state index is -1.88. The molecule has 14 N–H and O–H groups in total. The minimum Gasteiger partial charge on any atom is -0.481 e. The largest absolute Gasteiger partial charge is 0.481 e. The number of rotatable bonds is 23. The van der Waals surface area contributed by atoms with Gasteiger partial charge in [0.05, 0.1) is 31.3 Å². The summed E-state index contributed by atoms with van der Waals surface area (Å²) in [6, 6.07) is -1.06. The van der Waals surface area contributed by atoms with E-state index in [1.807, 2.05) is 5.32 Å². The van der Waals surface area contributed by atoms with Gasteiger partial charge in [0.25, 0.3) is 11.5 Å². The normalized spacial score (nSPS) is 12.9. The number of nitrogens with two attached hydrogens (primary N) is 2. The summed E-state index contributed by atoms with van der Waals surface area (Å²) in [6.07, 6.45) is -1.15.